The summed E-state index contributed by atoms with van der Waals surface area (Å²) < 4.78 is 18.0. The summed E-state index contributed by atoms with van der Waals surface area (Å²) in [6.07, 6.45) is -1.94. The largest absolute Gasteiger partial charge is 0.497 e. The van der Waals surface area contributed by atoms with Crippen LogP contribution in [0.15, 0.2) is 18.2 Å². The van der Waals surface area contributed by atoms with E-state index in [1.807, 2.05) is 0 Å². The number of rotatable bonds is 5. The summed E-state index contributed by atoms with van der Waals surface area (Å²) >= 11 is 5.45. The zero-order chi connectivity index (χ0) is 12.1. The Kier molecular flexibility index (Phi) is 4.99. The number of ether oxygens (including phenoxy) is 1. The number of hydrogen-bond donors (Lipinski definition) is 2. The van der Waals surface area contributed by atoms with Gasteiger partial charge < -0.3 is 14.9 Å². The van der Waals surface area contributed by atoms with Crippen LogP contribution in [-0.2, 0) is 0 Å². The fraction of sp³-hybridized carbons (Fsp3) is 0.455. The van der Waals surface area contributed by atoms with E-state index in [9.17, 15) is 14.6 Å². The Morgan fingerprint density at radius 2 is 2.06 bits per heavy atom. The molecule has 1 aromatic rings. The molecule has 0 fully saturated rings. The molecule has 2 atom stereocenters. The lowest BCUT2D eigenvalue weighted by Crippen LogP contribution is -2.18. The van der Waals surface area contributed by atoms with Gasteiger partial charge in [0.15, 0.2) is 0 Å². The summed E-state index contributed by atoms with van der Waals surface area (Å²) in [5, 5.41) is 19.3. The molecule has 0 spiro atoms. The average molecular weight is 249 g/mol. The Morgan fingerprint density at radius 1 is 1.38 bits per heavy atom. The van der Waals surface area contributed by atoms with Gasteiger partial charge >= 0.3 is 0 Å². The van der Waals surface area contributed by atoms with Crippen molar-refractivity contribution in [2.45, 2.75) is 18.6 Å². The van der Waals surface area contributed by atoms with Crippen LogP contribution in [0.25, 0.3) is 0 Å². The molecule has 2 unspecified atom stereocenters. The Hall–Kier alpha value is -0.840. The van der Waals surface area contributed by atoms with Gasteiger partial charge in [-0.2, -0.15) is 0 Å². The van der Waals surface area contributed by atoms with Crippen LogP contribution in [0.3, 0.4) is 0 Å². The lowest BCUT2D eigenvalue weighted by atomic mass is 10.0. The van der Waals surface area contributed by atoms with Gasteiger partial charge in [0.1, 0.15) is 17.7 Å². The highest BCUT2D eigenvalue weighted by Crippen LogP contribution is 2.24. The van der Waals surface area contributed by atoms with Crippen molar-refractivity contribution in [1.82, 2.24) is 0 Å². The molecule has 0 aliphatic heterocycles. The van der Waals surface area contributed by atoms with Crippen molar-refractivity contribution >= 4 is 11.6 Å². The minimum atomic E-state index is -1.16. The van der Waals surface area contributed by atoms with Gasteiger partial charge in [0.2, 0.25) is 0 Å². The predicted octanol–water partition coefficient (Wildman–Crippen LogP) is 1.86. The molecule has 2 N–H and O–H groups in total. The topological polar surface area (TPSA) is 49.7 Å². The standard InChI is InChI=1S/C11H14ClFO3/c1-16-9-5-7(4-8(13)6-9)11(15)10(14)2-3-12/h4-6,10-11,14-15H,2-3H2,1H3. The highest BCUT2D eigenvalue weighted by Gasteiger charge is 2.19. The predicted molar refractivity (Wildman–Crippen MR) is 59.3 cm³/mol. The minimum absolute atomic E-state index is 0.227. The molecular weight excluding hydrogens is 235 g/mol. The van der Waals surface area contributed by atoms with Gasteiger partial charge in [0.25, 0.3) is 0 Å². The molecular formula is C11H14ClFO3. The fourth-order valence-corrected chi connectivity index (χ4v) is 1.59. The van der Waals surface area contributed by atoms with E-state index < -0.39 is 18.0 Å². The molecule has 3 nitrogen and oxygen atoms in total. The lowest BCUT2D eigenvalue weighted by Gasteiger charge is -2.17. The number of alkyl halides is 1. The van der Waals surface area contributed by atoms with Gasteiger partial charge in [0, 0.05) is 11.9 Å². The van der Waals surface area contributed by atoms with Crippen LogP contribution in [0.5, 0.6) is 5.75 Å². The first-order valence-corrected chi connectivity index (χ1v) is 5.38. The second-order valence-corrected chi connectivity index (χ2v) is 3.79. The summed E-state index contributed by atoms with van der Waals surface area (Å²) in [5.74, 6) is 0.00334. The van der Waals surface area contributed by atoms with Crippen molar-refractivity contribution in [2.75, 3.05) is 13.0 Å². The maximum absolute atomic E-state index is 13.1. The first kappa shape index (κ1) is 13.2. The molecule has 0 aliphatic rings. The van der Waals surface area contributed by atoms with Crippen molar-refractivity contribution in [3.05, 3.63) is 29.6 Å². The van der Waals surface area contributed by atoms with Gasteiger partial charge in [-0.1, -0.05) is 0 Å². The molecule has 0 aromatic heterocycles. The smallest absolute Gasteiger partial charge is 0.127 e. The zero-order valence-electron chi connectivity index (χ0n) is 8.86. The number of methoxy groups -OCH3 is 1. The molecule has 1 rings (SSSR count). The average Bonchev–Trinajstić information content (AvgIpc) is 2.27. The Bertz CT molecular complexity index is 346. The number of hydrogen-bond acceptors (Lipinski definition) is 3. The van der Waals surface area contributed by atoms with Gasteiger partial charge in [-0.25, -0.2) is 4.39 Å². The fourth-order valence-electron chi connectivity index (χ4n) is 1.36. The van der Waals surface area contributed by atoms with E-state index in [1.165, 1.54) is 19.2 Å². The summed E-state index contributed by atoms with van der Waals surface area (Å²) in [7, 11) is 1.40. The molecule has 90 valence electrons. The summed E-state index contributed by atoms with van der Waals surface area (Å²) in [6.45, 7) is 0. The Morgan fingerprint density at radius 3 is 2.62 bits per heavy atom. The Balaban J connectivity index is 2.89. The van der Waals surface area contributed by atoms with Crippen LogP contribution in [0.4, 0.5) is 4.39 Å². The normalized spacial score (nSPS) is 14.6. The molecule has 0 saturated heterocycles. The van der Waals surface area contributed by atoms with Crippen molar-refractivity contribution in [3.8, 4) is 5.75 Å². The third-order valence-electron chi connectivity index (χ3n) is 2.24. The molecule has 0 aliphatic carbocycles. The lowest BCUT2D eigenvalue weighted by molar-refractivity contribution is 0.0167. The maximum Gasteiger partial charge on any atom is 0.127 e. The van der Waals surface area contributed by atoms with E-state index in [0.29, 0.717) is 5.75 Å². The van der Waals surface area contributed by atoms with Gasteiger partial charge in [-0.05, 0) is 24.1 Å². The monoisotopic (exact) mass is 248 g/mol. The van der Waals surface area contributed by atoms with Crippen LogP contribution in [0.2, 0.25) is 0 Å². The van der Waals surface area contributed by atoms with Crippen LogP contribution < -0.4 is 4.74 Å². The number of aliphatic hydroxyl groups is 2. The van der Waals surface area contributed by atoms with E-state index in [2.05, 4.69) is 0 Å². The number of halogens is 2. The van der Waals surface area contributed by atoms with Crippen LogP contribution >= 0.6 is 11.6 Å². The van der Waals surface area contributed by atoms with Crippen LogP contribution in [0, 0.1) is 5.82 Å². The zero-order valence-corrected chi connectivity index (χ0v) is 9.62. The highest BCUT2D eigenvalue weighted by atomic mass is 35.5. The summed E-state index contributed by atoms with van der Waals surface area (Å²) in [6, 6.07) is 3.83. The first-order valence-electron chi connectivity index (χ1n) is 4.85. The summed E-state index contributed by atoms with van der Waals surface area (Å²) in [5.41, 5.74) is 0.273. The quantitative estimate of drug-likeness (QED) is 0.782. The van der Waals surface area contributed by atoms with Gasteiger partial charge in [-0.15, -0.1) is 11.6 Å². The van der Waals surface area contributed by atoms with Crippen LogP contribution in [-0.4, -0.2) is 29.3 Å². The summed E-state index contributed by atoms with van der Waals surface area (Å²) in [4.78, 5) is 0. The van der Waals surface area contributed by atoms with Gasteiger partial charge in [-0.3, -0.25) is 0 Å². The molecule has 0 heterocycles. The maximum atomic E-state index is 13.1. The number of aliphatic hydroxyl groups excluding tert-OH is 2. The molecule has 0 saturated carbocycles. The van der Waals surface area contributed by atoms with Crippen molar-refractivity contribution < 1.29 is 19.3 Å². The van der Waals surface area contributed by atoms with E-state index in [1.54, 1.807) is 0 Å². The molecule has 5 heteroatoms. The van der Waals surface area contributed by atoms with Crippen molar-refractivity contribution in [1.29, 1.82) is 0 Å². The highest BCUT2D eigenvalue weighted by molar-refractivity contribution is 6.17. The minimum Gasteiger partial charge on any atom is -0.497 e. The molecule has 0 radical (unpaired) electrons. The van der Waals surface area contributed by atoms with Gasteiger partial charge in [0.05, 0.1) is 13.2 Å². The van der Waals surface area contributed by atoms with Crippen molar-refractivity contribution in [2.24, 2.45) is 0 Å². The second kappa shape index (κ2) is 6.03. The third-order valence-corrected chi connectivity index (χ3v) is 2.46. The first-order chi connectivity index (χ1) is 7.58. The second-order valence-electron chi connectivity index (χ2n) is 3.41. The SMILES string of the molecule is COc1cc(F)cc(C(O)C(O)CCCl)c1. The Labute approximate surface area is 98.4 Å². The van der Waals surface area contributed by atoms with E-state index >= 15 is 0 Å². The van der Waals surface area contributed by atoms with E-state index in [0.717, 1.165) is 6.07 Å². The molecule has 16 heavy (non-hydrogen) atoms. The van der Waals surface area contributed by atoms with E-state index in [4.69, 9.17) is 16.3 Å². The van der Waals surface area contributed by atoms with Crippen molar-refractivity contribution in [3.63, 3.8) is 0 Å². The van der Waals surface area contributed by atoms with Crippen LogP contribution in [0.1, 0.15) is 18.1 Å². The molecule has 0 amide bonds. The molecule has 0 bridgehead atoms. The van der Waals surface area contributed by atoms with E-state index in [-0.39, 0.29) is 17.9 Å². The molecule has 1 aromatic carbocycles. The third kappa shape index (κ3) is 3.33. The number of benzene rings is 1.